The van der Waals surface area contributed by atoms with Gasteiger partial charge in [0.1, 0.15) is 11.0 Å². The van der Waals surface area contributed by atoms with Gasteiger partial charge in [0.05, 0.1) is 11.6 Å². The van der Waals surface area contributed by atoms with Gasteiger partial charge in [0, 0.05) is 13.6 Å². The molecule has 0 aliphatic carbocycles. The summed E-state index contributed by atoms with van der Waals surface area (Å²) in [6.45, 7) is 0.752. The molecule has 2 aromatic rings. The highest BCUT2D eigenvalue weighted by Crippen LogP contribution is 2.19. The standard InChI is InChI=1S/C12H10ClN3S/c1-16(7-9-2-3-17-8-9)12-5-10(6-14)4-11(13)15-12/h2-5,8H,7H2,1H3. The topological polar surface area (TPSA) is 39.9 Å². The summed E-state index contributed by atoms with van der Waals surface area (Å²) in [6, 6.07) is 7.43. The third-order valence-corrected chi connectivity index (χ3v) is 3.23. The lowest BCUT2D eigenvalue weighted by atomic mass is 10.2. The molecule has 0 saturated heterocycles. The SMILES string of the molecule is CN(Cc1ccsc1)c1cc(C#N)cc(Cl)n1. The summed E-state index contributed by atoms with van der Waals surface area (Å²) in [5, 5.41) is 13.3. The summed E-state index contributed by atoms with van der Waals surface area (Å²) in [7, 11) is 1.93. The lowest BCUT2D eigenvalue weighted by molar-refractivity contribution is 0.901. The molecule has 0 spiro atoms. The normalized spacial score (nSPS) is 9.94. The smallest absolute Gasteiger partial charge is 0.132 e. The summed E-state index contributed by atoms with van der Waals surface area (Å²) in [6.07, 6.45) is 0. The van der Waals surface area contributed by atoms with E-state index in [1.807, 2.05) is 17.3 Å². The quantitative estimate of drug-likeness (QED) is 0.798. The maximum atomic E-state index is 8.87. The van der Waals surface area contributed by atoms with E-state index in [1.165, 1.54) is 5.56 Å². The van der Waals surface area contributed by atoms with Crippen molar-refractivity contribution in [3.8, 4) is 6.07 Å². The molecular weight excluding hydrogens is 254 g/mol. The van der Waals surface area contributed by atoms with E-state index in [-0.39, 0.29) is 0 Å². The number of halogens is 1. The van der Waals surface area contributed by atoms with E-state index in [0.717, 1.165) is 6.54 Å². The van der Waals surface area contributed by atoms with Gasteiger partial charge in [-0.05, 0) is 34.5 Å². The first kappa shape index (κ1) is 11.9. The first-order valence-electron chi connectivity index (χ1n) is 4.99. The Hall–Kier alpha value is -1.57. The van der Waals surface area contributed by atoms with E-state index in [4.69, 9.17) is 16.9 Å². The molecule has 5 heteroatoms. The summed E-state index contributed by atoms with van der Waals surface area (Å²) in [5.41, 5.74) is 1.75. The maximum Gasteiger partial charge on any atom is 0.132 e. The van der Waals surface area contributed by atoms with Gasteiger partial charge in [0.2, 0.25) is 0 Å². The molecule has 0 aliphatic rings. The molecule has 0 aromatic carbocycles. The number of aromatic nitrogens is 1. The van der Waals surface area contributed by atoms with Crippen LogP contribution in [0.15, 0.2) is 29.0 Å². The zero-order chi connectivity index (χ0) is 12.3. The largest absolute Gasteiger partial charge is 0.355 e. The fourth-order valence-electron chi connectivity index (χ4n) is 1.48. The van der Waals surface area contributed by atoms with Crippen molar-refractivity contribution in [3.05, 3.63) is 45.2 Å². The van der Waals surface area contributed by atoms with Gasteiger partial charge in [-0.25, -0.2) is 4.98 Å². The van der Waals surface area contributed by atoms with Crippen LogP contribution in [0.25, 0.3) is 0 Å². The molecular formula is C12H10ClN3S. The molecule has 0 fully saturated rings. The van der Waals surface area contributed by atoms with Gasteiger partial charge in [-0.2, -0.15) is 16.6 Å². The van der Waals surface area contributed by atoms with Crippen LogP contribution in [0.5, 0.6) is 0 Å². The zero-order valence-corrected chi connectivity index (χ0v) is 10.8. The van der Waals surface area contributed by atoms with E-state index in [2.05, 4.69) is 22.5 Å². The number of hydrogen-bond donors (Lipinski definition) is 0. The molecule has 0 atom stereocenters. The summed E-state index contributed by atoms with van der Waals surface area (Å²) >= 11 is 7.53. The molecule has 2 aromatic heterocycles. The molecule has 2 rings (SSSR count). The number of anilines is 1. The molecule has 0 amide bonds. The van der Waals surface area contributed by atoms with Crippen LogP contribution < -0.4 is 4.90 Å². The first-order chi connectivity index (χ1) is 8.19. The Morgan fingerprint density at radius 1 is 1.53 bits per heavy atom. The van der Waals surface area contributed by atoms with Crippen LogP contribution in [-0.2, 0) is 6.54 Å². The summed E-state index contributed by atoms with van der Waals surface area (Å²) in [5.74, 6) is 0.709. The Kier molecular flexibility index (Phi) is 3.62. The molecule has 0 N–H and O–H groups in total. The Labute approximate surface area is 109 Å². The Morgan fingerprint density at radius 2 is 2.35 bits per heavy atom. The van der Waals surface area contributed by atoms with Crippen LogP contribution in [-0.4, -0.2) is 12.0 Å². The average molecular weight is 264 g/mol. The molecule has 0 unspecified atom stereocenters. The molecule has 0 bridgehead atoms. The second kappa shape index (κ2) is 5.17. The molecule has 86 valence electrons. The number of nitriles is 1. The van der Waals surface area contributed by atoms with Crippen LogP contribution >= 0.6 is 22.9 Å². The van der Waals surface area contributed by atoms with Crippen molar-refractivity contribution in [3.63, 3.8) is 0 Å². The molecule has 3 nitrogen and oxygen atoms in total. The first-order valence-corrected chi connectivity index (χ1v) is 6.31. The molecule has 17 heavy (non-hydrogen) atoms. The second-order valence-corrected chi connectivity index (χ2v) is 4.80. The predicted octanol–water partition coefficient (Wildman–Crippen LogP) is 3.30. The van der Waals surface area contributed by atoms with E-state index < -0.39 is 0 Å². The molecule has 2 heterocycles. The van der Waals surface area contributed by atoms with Crippen molar-refractivity contribution in [2.24, 2.45) is 0 Å². The fourth-order valence-corrected chi connectivity index (χ4v) is 2.34. The maximum absolute atomic E-state index is 8.87. The van der Waals surface area contributed by atoms with Crippen LogP contribution in [0.4, 0.5) is 5.82 Å². The van der Waals surface area contributed by atoms with Gasteiger partial charge in [0.15, 0.2) is 0 Å². The van der Waals surface area contributed by atoms with Crippen molar-refractivity contribution < 1.29 is 0 Å². The van der Waals surface area contributed by atoms with Gasteiger partial charge in [-0.15, -0.1) is 0 Å². The molecule has 0 aliphatic heterocycles. The lowest BCUT2D eigenvalue weighted by Crippen LogP contribution is -2.17. The van der Waals surface area contributed by atoms with E-state index >= 15 is 0 Å². The summed E-state index contributed by atoms with van der Waals surface area (Å²) in [4.78, 5) is 6.17. The minimum atomic E-state index is 0.344. The monoisotopic (exact) mass is 263 g/mol. The Bertz CT molecular complexity index is 545. The van der Waals surface area contributed by atoms with Crippen molar-refractivity contribution in [2.45, 2.75) is 6.54 Å². The molecule has 0 radical (unpaired) electrons. The third-order valence-electron chi connectivity index (χ3n) is 2.30. The minimum absolute atomic E-state index is 0.344. The van der Waals surface area contributed by atoms with Gasteiger partial charge >= 0.3 is 0 Å². The van der Waals surface area contributed by atoms with Gasteiger partial charge in [-0.3, -0.25) is 0 Å². The highest BCUT2D eigenvalue weighted by atomic mass is 35.5. The molecule has 0 saturated carbocycles. The van der Waals surface area contributed by atoms with Crippen LogP contribution in [0, 0.1) is 11.3 Å². The van der Waals surface area contributed by atoms with E-state index in [1.54, 1.807) is 23.5 Å². The van der Waals surface area contributed by atoms with Crippen molar-refractivity contribution in [2.75, 3.05) is 11.9 Å². The fraction of sp³-hybridized carbons (Fsp3) is 0.167. The van der Waals surface area contributed by atoms with Gasteiger partial charge < -0.3 is 4.90 Å². The second-order valence-electron chi connectivity index (χ2n) is 3.64. The highest BCUT2D eigenvalue weighted by molar-refractivity contribution is 7.07. The number of nitrogens with zero attached hydrogens (tertiary/aromatic N) is 3. The third kappa shape index (κ3) is 2.96. The van der Waals surface area contributed by atoms with Crippen molar-refractivity contribution >= 4 is 28.8 Å². The van der Waals surface area contributed by atoms with E-state index in [0.29, 0.717) is 16.5 Å². The number of hydrogen-bond acceptors (Lipinski definition) is 4. The number of rotatable bonds is 3. The average Bonchev–Trinajstić information content (AvgIpc) is 2.81. The predicted molar refractivity (Wildman–Crippen MR) is 70.4 cm³/mol. The number of thiophene rings is 1. The lowest BCUT2D eigenvalue weighted by Gasteiger charge is -2.17. The Balaban J connectivity index is 2.22. The van der Waals surface area contributed by atoms with Crippen LogP contribution in [0.2, 0.25) is 5.15 Å². The van der Waals surface area contributed by atoms with Crippen LogP contribution in [0.1, 0.15) is 11.1 Å². The van der Waals surface area contributed by atoms with Gasteiger partial charge in [-0.1, -0.05) is 11.6 Å². The van der Waals surface area contributed by atoms with Crippen molar-refractivity contribution in [1.82, 2.24) is 4.98 Å². The zero-order valence-electron chi connectivity index (χ0n) is 9.22. The Morgan fingerprint density at radius 3 is 3.00 bits per heavy atom. The number of pyridine rings is 1. The van der Waals surface area contributed by atoms with Crippen LogP contribution in [0.3, 0.4) is 0 Å². The van der Waals surface area contributed by atoms with Gasteiger partial charge in [0.25, 0.3) is 0 Å². The minimum Gasteiger partial charge on any atom is -0.355 e. The highest BCUT2D eigenvalue weighted by Gasteiger charge is 2.07. The van der Waals surface area contributed by atoms with E-state index in [9.17, 15) is 0 Å². The summed E-state index contributed by atoms with van der Waals surface area (Å²) < 4.78 is 0. The van der Waals surface area contributed by atoms with Crippen molar-refractivity contribution in [1.29, 1.82) is 5.26 Å².